The molecule has 0 aliphatic heterocycles. The van der Waals surface area contributed by atoms with Crippen LogP contribution in [0, 0.1) is 5.92 Å². The number of hydrogen-bond donors (Lipinski definition) is 0. The van der Waals surface area contributed by atoms with Gasteiger partial charge in [-0.25, -0.2) is 0 Å². The molecule has 2 atom stereocenters. The molecule has 0 bridgehead atoms. The maximum Gasteiger partial charge on any atom is 0.0540 e. The van der Waals surface area contributed by atoms with Gasteiger partial charge in [0.2, 0.25) is 0 Å². The molecular formula is C57H40N2. The van der Waals surface area contributed by atoms with Crippen LogP contribution in [0.2, 0.25) is 0 Å². The van der Waals surface area contributed by atoms with Crippen molar-refractivity contribution in [3.05, 3.63) is 259 Å². The van der Waals surface area contributed by atoms with E-state index in [9.17, 15) is 0 Å². The van der Waals surface area contributed by atoms with Crippen LogP contribution in [0.25, 0.3) is 32.7 Å². The summed E-state index contributed by atoms with van der Waals surface area (Å²) in [6.07, 6.45) is 7.49. The van der Waals surface area contributed by atoms with Gasteiger partial charge in [0.1, 0.15) is 0 Å². The summed E-state index contributed by atoms with van der Waals surface area (Å²) >= 11 is 0. The van der Waals surface area contributed by atoms with E-state index in [-0.39, 0.29) is 11.8 Å². The lowest BCUT2D eigenvalue weighted by Gasteiger charge is -2.39. The van der Waals surface area contributed by atoms with Gasteiger partial charge in [0.15, 0.2) is 0 Å². The molecule has 0 radical (unpaired) electrons. The van der Waals surface area contributed by atoms with Crippen LogP contribution in [-0.4, -0.2) is 0 Å². The Bertz CT molecular complexity index is 3090. The van der Waals surface area contributed by atoms with Gasteiger partial charge in [0.05, 0.1) is 16.8 Å². The van der Waals surface area contributed by atoms with E-state index < -0.39 is 5.41 Å². The van der Waals surface area contributed by atoms with Gasteiger partial charge in [-0.1, -0.05) is 176 Å². The highest BCUT2D eigenvalue weighted by Crippen LogP contribution is 2.66. The smallest absolute Gasteiger partial charge is 0.0540 e. The minimum Gasteiger partial charge on any atom is -0.310 e. The van der Waals surface area contributed by atoms with E-state index in [2.05, 4.69) is 240 Å². The van der Waals surface area contributed by atoms with Crippen molar-refractivity contribution in [3.63, 3.8) is 0 Å². The zero-order chi connectivity index (χ0) is 38.9. The van der Waals surface area contributed by atoms with Gasteiger partial charge >= 0.3 is 0 Å². The molecule has 3 aliphatic rings. The molecule has 9 aromatic carbocycles. The molecule has 2 unspecified atom stereocenters. The Balaban J connectivity index is 1.12. The van der Waals surface area contributed by atoms with Crippen LogP contribution in [0.3, 0.4) is 0 Å². The van der Waals surface area contributed by atoms with E-state index in [1.807, 2.05) is 0 Å². The second-order valence-corrected chi connectivity index (χ2v) is 16.0. The largest absolute Gasteiger partial charge is 0.310 e. The maximum atomic E-state index is 2.61. The van der Waals surface area contributed by atoms with Crippen molar-refractivity contribution in [2.24, 2.45) is 5.92 Å². The molecule has 2 nitrogen and oxygen atoms in total. The first-order chi connectivity index (χ1) is 29.3. The molecule has 2 heteroatoms. The minimum absolute atomic E-state index is 0.112. The first-order valence-corrected chi connectivity index (χ1v) is 20.7. The molecule has 59 heavy (non-hydrogen) atoms. The van der Waals surface area contributed by atoms with Gasteiger partial charge in [-0.15, -0.1) is 0 Å². The lowest BCUT2D eigenvalue weighted by atomic mass is 9.65. The fourth-order valence-corrected chi connectivity index (χ4v) is 10.7. The molecule has 9 aromatic rings. The molecule has 0 aromatic heterocycles. The topological polar surface area (TPSA) is 6.48 Å². The van der Waals surface area contributed by atoms with Crippen LogP contribution in [0.15, 0.2) is 236 Å². The Morgan fingerprint density at radius 2 is 0.898 bits per heavy atom. The van der Waals surface area contributed by atoms with Crippen molar-refractivity contribution in [2.45, 2.75) is 11.3 Å². The number of para-hydroxylation sites is 2. The Labute approximate surface area is 345 Å². The third-order valence-electron chi connectivity index (χ3n) is 13.1. The molecule has 0 fully saturated rings. The van der Waals surface area contributed by atoms with E-state index in [0.717, 1.165) is 17.1 Å². The van der Waals surface area contributed by atoms with E-state index in [4.69, 9.17) is 0 Å². The predicted molar refractivity (Wildman–Crippen MR) is 246 cm³/mol. The SMILES string of the molecule is C1=CC2c3ccc(N(c4ccccc4)c4cccc5ccccc45)cc3C3(c4ccccc4-c4ccccc43)C2C=C1N(c1ccccc1)c1cccc2ccccc12. The first-order valence-electron chi connectivity index (χ1n) is 20.7. The average molecular weight is 753 g/mol. The standard InChI is InChI=1S/C57H40N2/c1-3-21-41(22-4-1)58(55-31-15-19-39-17-7-9-25-45(39)55)43-33-35-49-50-36-34-44(59(42-23-5-2-6-24-42)56-32-16-20-40-18-8-10-26-46(40)56)38-54(50)57(53(49)37-43)51-29-13-11-27-47(51)48-28-12-14-30-52(48)57/h1-38,49,53H. The van der Waals surface area contributed by atoms with E-state index in [1.165, 1.54) is 72.0 Å². The van der Waals surface area contributed by atoms with Crippen LogP contribution in [0.4, 0.5) is 28.4 Å². The highest BCUT2D eigenvalue weighted by atomic mass is 15.2. The quantitative estimate of drug-likeness (QED) is 0.167. The molecule has 3 aliphatic carbocycles. The van der Waals surface area contributed by atoms with Gasteiger partial charge in [0.25, 0.3) is 0 Å². The van der Waals surface area contributed by atoms with Crippen molar-refractivity contribution in [1.82, 2.24) is 0 Å². The van der Waals surface area contributed by atoms with Crippen LogP contribution >= 0.6 is 0 Å². The van der Waals surface area contributed by atoms with Crippen LogP contribution in [0.1, 0.15) is 28.2 Å². The van der Waals surface area contributed by atoms with Crippen molar-refractivity contribution >= 4 is 50.0 Å². The predicted octanol–water partition coefficient (Wildman–Crippen LogP) is 14.8. The Kier molecular flexibility index (Phi) is 7.61. The van der Waals surface area contributed by atoms with Gasteiger partial charge in [-0.05, 0) is 98.8 Å². The number of fused-ring (bicyclic) bond motifs is 12. The Hall–Kier alpha value is -7.42. The van der Waals surface area contributed by atoms with Crippen LogP contribution < -0.4 is 9.80 Å². The summed E-state index contributed by atoms with van der Waals surface area (Å²) in [5, 5.41) is 4.92. The summed E-state index contributed by atoms with van der Waals surface area (Å²) in [7, 11) is 0. The summed E-state index contributed by atoms with van der Waals surface area (Å²) < 4.78 is 0. The summed E-state index contributed by atoms with van der Waals surface area (Å²) in [5.41, 5.74) is 14.7. The summed E-state index contributed by atoms with van der Waals surface area (Å²) in [5.74, 6) is 0.288. The monoisotopic (exact) mass is 752 g/mol. The molecule has 0 N–H and O–H groups in total. The van der Waals surface area contributed by atoms with Gasteiger partial charge in [-0.2, -0.15) is 0 Å². The number of anilines is 5. The normalized spacial score (nSPS) is 16.6. The third kappa shape index (κ3) is 5.00. The van der Waals surface area contributed by atoms with Gasteiger partial charge in [0, 0.05) is 45.4 Å². The number of rotatable bonds is 6. The second kappa shape index (κ2) is 13.3. The highest BCUT2D eigenvalue weighted by molar-refractivity contribution is 6.00. The average Bonchev–Trinajstić information content (AvgIpc) is 3.77. The molecular weight excluding hydrogens is 713 g/mol. The number of nitrogens with zero attached hydrogens (tertiary/aromatic N) is 2. The zero-order valence-electron chi connectivity index (χ0n) is 32.5. The Morgan fingerprint density at radius 3 is 1.53 bits per heavy atom. The molecule has 0 saturated carbocycles. The molecule has 0 heterocycles. The number of benzene rings is 9. The lowest BCUT2D eigenvalue weighted by molar-refractivity contribution is 0.462. The van der Waals surface area contributed by atoms with Crippen molar-refractivity contribution in [2.75, 3.05) is 9.80 Å². The first kappa shape index (κ1) is 33.7. The summed E-state index contributed by atoms with van der Waals surface area (Å²) in [4.78, 5) is 4.93. The third-order valence-corrected chi connectivity index (χ3v) is 13.1. The molecule has 1 spiro atoms. The van der Waals surface area contributed by atoms with Gasteiger partial charge in [-0.3, -0.25) is 0 Å². The molecule has 278 valence electrons. The van der Waals surface area contributed by atoms with Crippen LogP contribution in [-0.2, 0) is 5.41 Å². The summed E-state index contributed by atoms with van der Waals surface area (Å²) in [6, 6.07) is 78.2. The maximum absolute atomic E-state index is 2.61. The fraction of sp³-hybridized carbons (Fsp3) is 0.0526. The number of hydrogen-bond acceptors (Lipinski definition) is 2. The van der Waals surface area contributed by atoms with Crippen molar-refractivity contribution in [3.8, 4) is 11.1 Å². The molecule has 0 amide bonds. The van der Waals surface area contributed by atoms with Crippen molar-refractivity contribution in [1.29, 1.82) is 0 Å². The minimum atomic E-state index is -0.429. The number of allylic oxidation sites excluding steroid dienone is 3. The lowest BCUT2D eigenvalue weighted by Crippen LogP contribution is -2.34. The van der Waals surface area contributed by atoms with E-state index >= 15 is 0 Å². The second-order valence-electron chi connectivity index (χ2n) is 16.0. The Morgan fingerprint density at radius 1 is 0.390 bits per heavy atom. The van der Waals surface area contributed by atoms with E-state index in [0.29, 0.717) is 0 Å². The van der Waals surface area contributed by atoms with E-state index in [1.54, 1.807) is 0 Å². The van der Waals surface area contributed by atoms with Crippen LogP contribution in [0.5, 0.6) is 0 Å². The zero-order valence-corrected chi connectivity index (χ0v) is 32.5. The highest BCUT2D eigenvalue weighted by Gasteiger charge is 2.57. The molecule has 12 rings (SSSR count). The summed E-state index contributed by atoms with van der Waals surface area (Å²) in [6.45, 7) is 0. The van der Waals surface area contributed by atoms with Crippen molar-refractivity contribution < 1.29 is 0 Å². The fourth-order valence-electron chi connectivity index (χ4n) is 10.7. The molecule has 0 saturated heterocycles. The van der Waals surface area contributed by atoms with Gasteiger partial charge < -0.3 is 9.80 Å².